The van der Waals surface area contributed by atoms with Gasteiger partial charge in [0.15, 0.2) is 0 Å². The highest BCUT2D eigenvalue weighted by atomic mass is 32.1. The summed E-state index contributed by atoms with van der Waals surface area (Å²) in [5.41, 5.74) is 3.05. The molecule has 1 fully saturated rings. The van der Waals surface area contributed by atoms with Crippen LogP contribution in [0.4, 0.5) is 0 Å². The summed E-state index contributed by atoms with van der Waals surface area (Å²) < 4.78 is 0. The first-order valence-electron chi connectivity index (χ1n) is 7.04. The number of rotatable bonds is 5. The molecule has 1 aromatic heterocycles. The Bertz CT molecular complexity index is 454. The summed E-state index contributed by atoms with van der Waals surface area (Å²) in [5.74, 6) is 4.98. The Hall–Kier alpha value is -1.02. The molecule has 1 aliphatic rings. The van der Waals surface area contributed by atoms with Gasteiger partial charge in [0, 0.05) is 39.1 Å². The minimum absolute atomic E-state index is 0.231. The van der Waals surface area contributed by atoms with Crippen LogP contribution < -0.4 is 11.3 Å². The molecule has 0 aliphatic carbocycles. The molecule has 0 spiro atoms. The van der Waals surface area contributed by atoms with Gasteiger partial charge in [-0.15, -0.1) is 11.3 Å². The number of carbonyl (C=O) groups excluding carboxylic acids is 1. The maximum absolute atomic E-state index is 11.7. The minimum Gasteiger partial charge on any atom is -0.304 e. The number of piperazine rings is 1. The molecule has 20 heavy (non-hydrogen) atoms. The predicted octanol–water partition coefficient (Wildman–Crippen LogP) is 0.0989. The molecule has 2 rings (SSSR count). The van der Waals surface area contributed by atoms with Crippen LogP contribution in [0.3, 0.4) is 0 Å². The van der Waals surface area contributed by atoms with E-state index in [0.29, 0.717) is 4.88 Å². The van der Waals surface area contributed by atoms with Crippen molar-refractivity contribution in [3.8, 4) is 0 Å². The zero-order chi connectivity index (χ0) is 14.5. The van der Waals surface area contributed by atoms with E-state index >= 15 is 0 Å². The van der Waals surface area contributed by atoms with Crippen LogP contribution in [-0.4, -0.2) is 60.5 Å². The SMILES string of the molecule is CCc1nc(CCN2CCN(C)CC2)sc1C(=O)NN. The fraction of sp³-hybridized carbons (Fsp3) is 0.692. The number of hydrogen-bond donors (Lipinski definition) is 2. The van der Waals surface area contributed by atoms with Gasteiger partial charge >= 0.3 is 0 Å². The number of amides is 1. The van der Waals surface area contributed by atoms with Crippen LogP contribution in [0.15, 0.2) is 0 Å². The summed E-state index contributed by atoms with van der Waals surface area (Å²) in [7, 11) is 2.16. The molecular formula is C13H23N5OS. The topological polar surface area (TPSA) is 74.5 Å². The quantitative estimate of drug-likeness (QED) is 0.458. The lowest BCUT2D eigenvalue weighted by atomic mass is 10.3. The molecule has 1 saturated heterocycles. The zero-order valence-electron chi connectivity index (χ0n) is 12.2. The average molecular weight is 297 g/mol. The third kappa shape index (κ3) is 3.76. The molecular weight excluding hydrogens is 274 g/mol. The van der Waals surface area contributed by atoms with Crippen molar-refractivity contribution in [3.05, 3.63) is 15.6 Å². The highest BCUT2D eigenvalue weighted by molar-refractivity contribution is 7.13. The maximum atomic E-state index is 11.7. The lowest BCUT2D eigenvalue weighted by Gasteiger charge is -2.32. The Balaban J connectivity index is 1.93. The molecule has 6 nitrogen and oxygen atoms in total. The number of hydrazine groups is 1. The van der Waals surface area contributed by atoms with E-state index < -0.39 is 0 Å². The van der Waals surface area contributed by atoms with E-state index in [-0.39, 0.29) is 5.91 Å². The number of hydrogen-bond acceptors (Lipinski definition) is 6. The monoisotopic (exact) mass is 297 g/mol. The summed E-state index contributed by atoms with van der Waals surface area (Å²) in [6, 6.07) is 0. The van der Waals surface area contributed by atoms with Gasteiger partial charge < -0.3 is 9.80 Å². The van der Waals surface area contributed by atoms with Gasteiger partial charge in [-0.05, 0) is 13.5 Å². The number of aryl methyl sites for hydroxylation is 1. The Labute approximate surface area is 123 Å². The molecule has 7 heteroatoms. The lowest BCUT2D eigenvalue weighted by molar-refractivity contribution is 0.0956. The second-order valence-electron chi connectivity index (χ2n) is 5.11. The Morgan fingerprint density at radius 3 is 2.70 bits per heavy atom. The number of nitrogens with zero attached hydrogens (tertiary/aromatic N) is 3. The summed E-state index contributed by atoms with van der Waals surface area (Å²) >= 11 is 1.47. The summed E-state index contributed by atoms with van der Waals surface area (Å²) in [5, 5.41) is 1.03. The third-order valence-electron chi connectivity index (χ3n) is 3.65. The van der Waals surface area contributed by atoms with E-state index in [0.717, 1.165) is 56.3 Å². The summed E-state index contributed by atoms with van der Waals surface area (Å²) in [6.07, 6.45) is 1.66. The molecule has 0 unspecified atom stereocenters. The molecule has 2 heterocycles. The van der Waals surface area contributed by atoms with E-state index in [2.05, 4.69) is 27.3 Å². The number of nitrogens with two attached hydrogens (primary N) is 1. The van der Waals surface area contributed by atoms with Gasteiger partial charge in [-0.25, -0.2) is 10.8 Å². The van der Waals surface area contributed by atoms with Gasteiger partial charge in [-0.1, -0.05) is 6.92 Å². The highest BCUT2D eigenvalue weighted by Gasteiger charge is 2.18. The van der Waals surface area contributed by atoms with Gasteiger partial charge in [0.25, 0.3) is 5.91 Å². The maximum Gasteiger partial charge on any atom is 0.277 e. The first-order valence-corrected chi connectivity index (χ1v) is 7.86. The Kier molecular flexibility index (Phi) is 5.47. The third-order valence-corrected chi connectivity index (χ3v) is 4.81. The molecule has 1 amide bonds. The lowest BCUT2D eigenvalue weighted by Crippen LogP contribution is -2.45. The number of likely N-dealkylation sites (N-methyl/N-ethyl adjacent to an activating group) is 1. The van der Waals surface area contributed by atoms with E-state index in [1.807, 2.05) is 6.92 Å². The fourth-order valence-electron chi connectivity index (χ4n) is 2.32. The van der Waals surface area contributed by atoms with Crippen molar-refractivity contribution in [3.63, 3.8) is 0 Å². The number of nitrogens with one attached hydrogen (secondary N) is 1. The van der Waals surface area contributed by atoms with Crippen molar-refractivity contribution < 1.29 is 4.79 Å². The molecule has 0 aromatic carbocycles. The number of aromatic nitrogens is 1. The van der Waals surface area contributed by atoms with E-state index in [9.17, 15) is 4.79 Å². The fourth-order valence-corrected chi connectivity index (χ4v) is 3.36. The molecule has 0 bridgehead atoms. The first-order chi connectivity index (χ1) is 9.63. The van der Waals surface area contributed by atoms with Gasteiger partial charge in [-0.2, -0.15) is 0 Å². The van der Waals surface area contributed by atoms with Crippen molar-refractivity contribution in [1.29, 1.82) is 0 Å². The highest BCUT2D eigenvalue weighted by Crippen LogP contribution is 2.20. The molecule has 112 valence electrons. The number of thiazole rings is 1. The van der Waals surface area contributed by atoms with Crippen molar-refractivity contribution in [2.45, 2.75) is 19.8 Å². The second kappa shape index (κ2) is 7.12. The van der Waals surface area contributed by atoms with Gasteiger partial charge in [0.05, 0.1) is 10.7 Å². The zero-order valence-corrected chi connectivity index (χ0v) is 13.0. The van der Waals surface area contributed by atoms with Crippen LogP contribution >= 0.6 is 11.3 Å². The van der Waals surface area contributed by atoms with Crippen molar-refractivity contribution in [2.24, 2.45) is 5.84 Å². The van der Waals surface area contributed by atoms with Crippen LogP contribution in [-0.2, 0) is 12.8 Å². The van der Waals surface area contributed by atoms with Gasteiger partial charge in [-0.3, -0.25) is 10.2 Å². The number of nitrogen functional groups attached to an aromatic ring is 1. The van der Waals surface area contributed by atoms with E-state index in [1.54, 1.807) is 0 Å². The van der Waals surface area contributed by atoms with E-state index in [1.165, 1.54) is 11.3 Å². The largest absolute Gasteiger partial charge is 0.304 e. The van der Waals surface area contributed by atoms with Crippen LogP contribution in [0.1, 0.15) is 27.3 Å². The van der Waals surface area contributed by atoms with Crippen molar-refractivity contribution >= 4 is 17.2 Å². The summed E-state index contributed by atoms with van der Waals surface area (Å²) in [4.78, 5) is 21.7. The van der Waals surface area contributed by atoms with E-state index in [4.69, 9.17) is 5.84 Å². The molecule has 0 radical (unpaired) electrons. The Morgan fingerprint density at radius 1 is 1.40 bits per heavy atom. The minimum atomic E-state index is -0.231. The van der Waals surface area contributed by atoms with Crippen LogP contribution in [0.2, 0.25) is 0 Å². The second-order valence-corrected chi connectivity index (χ2v) is 6.19. The molecule has 1 aliphatic heterocycles. The number of carbonyl (C=O) groups is 1. The smallest absolute Gasteiger partial charge is 0.277 e. The van der Waals surface area contributed by atoms with Gasteiger partial charge in [0.2, 0.25) is 0 Å². The normalized spacial score (nSPS) is 17.4. The standard InChI is InChI=1S/C13H23N5OS/c1-3-10-12(13(19)16-14)20-11(15-10)4-5-18-8-6-17(2)7-9-18/h3-9,14H2,1-2H3,(H,16,19). The van der Waals surface area contributed by atoms with Gasteiger partial charge in [0.1, 0.15) is 4.88 Å². The van der Waals surface area contributed by atoms with Crippen molar-refractivity contribution in [2.75, 3.05) is 39.8 Å². The van der Waals surface area contributed by atoms with Crippen LogP contribution in [0.5, 0.6) is 0 Å². The molecule has 0 saturated carbocycles. The average Bonchev–Trinajstić information content (AvgIpc) is 2.89. The Morgan fingerprint density at radius 2 is 2.10 bits per heavy atom. The van der Waals surface area contributed by atoms with Crippen molar-refractivity contribution in [1.82, 2.24) is 20.2 Å². The molecule has 1 aromatic rings. The predicted molar refractivity (Wildman–Crippen MR) is 80.8 cm³/mol. The molecule has 3 N–H and O–H groups in total. The summed E-state index contributed by atoms with van der Waals surface area (Å²) in [6.45, 7) is 7.48. The first kappa shape index (κ1) is 15.4. The molecule has 0 atom stereocenters. The van der Waals surface area contributed by atoms with Crippen LogP contribution in [0, 0.1) is 0 Å². The van der Waals surface area contributed by atoms with Crippen LogP contribution in [0.25, 0.3) is 0 Å².